The van der Waals surface area contributed by atoms with E-state index in [1.54, 1.807) is 11.3 Å². The van der Waals surface area contributed by atoms with Crippen LogP contribution >= 0.6 is 11.3 Å². The highest BCUT2D eigenvalue weighted by atomic mass is 32.1. The van der Waals surface area contributed by atoms with Crippen molar-refractivity contribution < 1.29 is 9.53 Å². The standard InChI is InChI=1S/C15H26N2O2S/c1-11(2)6-5-7-12(3)16-15-17-13(10-20-15)8-9-14(18)19-4/h10-12H,5-9H2,1-4H3,(H,16,17). The Morgan fingerprint density at radius 3 is 2.80 bits per heavy atom. The monoisotopic (exact) mass is 298 g/mol. The van der Waals surface area contributed by atoms with Gasteiger partial charge in [0.25, 0.3) is 0 Å². The van der Waals surface area contributed by atoms with Gasteiger partial charge in [-0.05, 0) is 19.3 Å². The minimum Gasteiger partial charge on any atom is -0.469 e. The zero-order valence-corrected chi connectivity index (χ0v) is 13.8. The summed E-state index contributed by atoms with van der Waals surface area (Å²) in [5.41, 5.74) is 0.956. The van der Waals surface area contributed by atoms with Crippen molar-refractivity contribution >= 4 is 22.4 Å². The first-order valence-electron chi connectivity index (χ1n) is 7.29. The van der Waals surface area contributed by atoms with E-state index in [0.717, 1.165) is 23.2 Å². The highest BCUT2D eigenvalue weighted by Crippen LogP contribution is 2.19. The number of esters is 1. The molecule has 0 amide bonds. The molecule has 0 aromatic carbocycles. The molecule has 1 unspecified atom stereocenters. The van der Waals surface area contributed by atoms with Gasteiger partial charge in [-0.3, -0.25) is 4.79 Å². The molecule has 0 bridgehead atoms. The summed E-state index contributed by atoms with van der Waals surface area (Å²) in [4.78, 5) is 15.6. The molecular weight excluding hydrogens is 272 g/mol. The van der Waals surface area contributed by atoms with Crippen LogP contribution in [0.3, 0.4) is 0 Å². The largest absolute Gasteiger partial charge is 0.469 e. The molecule has 1 rings (SSSR count). The van der Waals surface area contributed by atoms with E-state index in [-0.39, 0.29) is 5.97 Å². The van der Waals surface area contributed by atoms with Gasteiger partial charge < -0.3 is 10.1 Å². The fraction of sp³-hybridized carbons (Fsp3) is 0.733. The van der Waals surface area contributed by atoms with Crippen LogP contribution < -0.4 is 5.32 Å². The van der Waals surface area contributed by atoms with Crippen molar-refractivity contribution in [3.8, 4) is 0 Å². The number of hydrogen-bond acceptors (Lipinski definition) is 5. The number of thiazole rings is 1. The summed E-state index contributed by atoms with van der Waals surface area (Å²) < 4.78 is 4.63. The van der Waals surface area contributed by atoms with Crippen LogP contribution in [0.1, 0.15) is 52.1 Å². The van der Waals surface area contributed by atoms with E-state index in [9.17, 15) is 4.79 Å². The smallest absolute Gasteiger partial charge is 0.305 e. The van der Waals surface area contributed by atoms with Crippen molar-refractivity contribution in [2.24, 2.45) is 5.92 Å². The number of rotatable bonds is 9. The molecule has 0 aliphatic heterocycles. The van der Waals surface area contributed by atoms with Gasteiger partial charge in [0, 0.05) is 17.8 Å². The van der Waals surface area contributed by atoms with Crippen molar-refractivity contribution in [2.75, 3.05) is 12.4 Å². The fourth-order valence-electron chi connectivity index (χ4n) is 1.94. The lowest BCUT2D eigenvalue weighted by Gasteiger charge is -2.13. The molecule has 1 aromatic heterocycles. The number of anilines is 1. The summed E-state index contributed by atoms with van der Waals surface area (Å²) in [5, 5.41) is 6.38. The number of aryl methyl sites for hydroxylation is 1. The third-order valence-electron chi connectivity index (χ3n) is 3.15. The number of nitrogens with one attached hydrogen (secondary N) is 1. The summed E-state index contributed by atoms with van der Waals surface area (Å²) in [6.07, 6.45) is 4.71. The number of ether oxygens (including phenoxy) is 1. The maximum Gasteiger partial charge on any atom is 0.305 e. The van der Waals surface area contributed by atoms with Crippen LogP contribution in [0.25, 0.3) is 0 Å². The van der Waals surface area contributed by atoms with Crippen LogP contribution in [0.5, 0.6) is 0 Å². The third-order valence-corrected chi connectivity index (χ3v) is 3.98. The van der Waals surface area contributed by atoms with Crippen molar-refractivity contribution in [3.63, 3.8) is 0 Å². The zero-order chi connectivity index (χ0) is 15.0. The normalized spacial score (nSPS) is 12.4. The van der Waals surface area contributed by atoms with Gasteiger partial charge in [-0.2, -0.15) is 0 Å². The van der Waals surface area contributed by atoms with E-state index in [1.165, 1.54) is 20.0 Å². The molecule has 1 N–H and O–H groups in total. The Kier molecular flexibility index (Phi) is 7.59. The summed E-state index contributed by atoms with van der Waals surface area (Å²) in [7, 11) is 1.41. The second kappa shape index (κ2) is 8.95. The number of aromatic nitrogens is 1. The molecule has 1 aromatic rings. The van der Waals surface area contributed by atoms with Gasteiger partial charge >= 0.3 is 5.97 Å². The molecule has 1 heterocycles. The van der Waals surface area contributed by atoms with Crippen LogP contribution in [0.15, 0.2) is 5.38 Å². The molecule has 0 fully saturated rings. The van der Waals surface area contributed by atoms with Crippen molar-refractivity contribution in [1.82, 2.24) is 4.98 Å². The fourth-order valence-corrected chi connectivity index (χ4v) is 2.79. The van der Waals surface area contributed by atoms with Crippen LogP contribution in [-0.2, 0) is 16.0 Å². The number of nitrogens with zero attached hydrogens (tertiary/aromatic N) is 1. The Labute approximate surface area is 125 Å². The molecule has 1 atom stereocenters. The van der Waals surface area contributed by atoms with Crippen LogP contribution in [-0.4, -0.2) is 24.1 Å². The molecule has 20 heavy (non-hydrogen) atoms. The van der Waals surface area contributed by atoms with Crippen molar-refractivity contribution in [3.05, 3.63) is 11.1 Å². The van der Waals surface area contributed by atoms with Crippen molar-refractivity contribution in [2.45, 2.75) is 58.9 Å². The maximum absolute atomic E-state index is 11.1. The first kappa shape index (κ1) is 17.0. The zero-order valence-electron chi connectivity index (χ0n) is 12.9. The van der Waals surface area contributed by atoms with Gasteiger partial charge in [0.2, 0.25) is 0 Å². The van der Waals surface area contributed by atoms with E-state index in [2.05, 4.69) is 35.8 Å². The molecule has 0 saturated carbocycles. The molecule has 0 aliphatic carbocycles. The van der Waals surface area contributed by atoms with Crippen molar-refractivity contribution in [1.29, 1.82) is 0 Å². The Morgan fingerprint density at radius 1 is 1.40 bits per heavy atom. The Hall–Kier alpha value is -1.10. The molecule has 4 nitrogen and oxygen atoms in total. The van der Waals surface area contributed by atoms with Crippen LogP contribution in [0, 0.1) is 5.92 Å². The highest BCUT2D eigenvalue weighted by molar-refractivity contribution is 7.13. The topological polar surface area (TPSA) is 51.2 Å². The third kappa shape index (κ3) is 6.89. The van der Waals surface area contributed by atoms with E-state index < -0.39 is 0 Å². The molecule has 0 saturated heterocycles. The average molecular weight is 298 g/mol. The van der Waals surface area contributed by atoms with E-state index >= 15 is 0 Å². The van der Waals surface area contributed by atoms with E-state index in [1.807, 2.05) is 5.38 Å². The molecule has 0 spiro atoms. The predicted octanol–water partition coefficient (Wildman–Crippen LogP) is 3.88. The number of carbonyl (C=O) groups excluding carboxylic acids is 1. The summed E-state index contributed by atoms with van der Waals surface area (Å²) in [6, 6.07) is 0.438. The maximum atomic E-state index is 11.1. The molecule has 0 aliphatic rings. The highest BCUT2D eigenvalue weighted by Gasteiger charge is 2.08. The second-order valence-corrected chi connectivity index (χ2v) is 6.45. The first-order chi connectivity index (χ1) is 9.51. The lowest BCUT2D eigenvalue weighted by Crippen LogP contribution is -2.15. The summed E-state index contributed by atoms with van der Waals surface area (Å²) in [6.45, 7) is 6.70. The predicted molar refractivity (Wildman–Crippen MR) is 84.2 cm³/mol. The lowest BCUT2D eigenvalue weighted by molar-refractivity contribution is -0.140. The quantitative estimate of drug-likeness (QED) is 0.703. The minimum atomic E-state index is -0.186. The van der Waals surface area contributed by atoms with Gasteiger partial charge in [-0.25, -0.2) is 4.98 Å². The molecular formula is C15H26N2O2S. The van der Waals surface area contributed by atoms with Gasteiger partial charge in [-0.1, -0.05) is 26.7 Å². The summed E-state index contributed by atoms with van der Waals surface area (Å²) >= 11 is 1.60. The lowest BCUT2D eigenvalue weighted by atomic mass is 10.0. The van der Waals surface area contributed by atoms with E-state index in [0.29, 0.717) is 18.9 Å². The Morgan fingerprint density at radius 2 is 2.15 bits per heavy atom. The Balaban J connectivity index is 2.30. The van der Waals surface area contributed by atoms with Gasteiger partial charge in [-0.15, -0.1) is 11.3 Å². The first-order valence-corrected chi connectivity index (χ1v) is 8.17. The van der Waals surface area contributed by atoms with Gasteiger partial charge in [0.1, 0.15) is 0 Å². The average Bonchev–Trinajstić information content (AvgIpc) is 2.83. The SMILES string of the molecule is COC(=O)CCc1csc(NC(C)CCCC(C)C)n1. The Bertz CT molecular complexity index is 404. The van der Waals surface area contributed by atoms with Gasteiger partial charge in [0.05, 0.1) is 19.2 Å². The van der Waals surface area contributed by atoms with E-state index in [4.69, 9.17) is 0 Å². The number of methoxy groups -OCH3 is 1. The second-order valence-electron chi connectivity index (χ2n) is 5.59. The van der Waals surface area contributed by atoms with Gasteiger partial charge in [0.15, 0.2) is 5.13 Å². The summed E-state index contributed by atoms with van der Waals surface area (Å²) in [5.74, 6) is 0.585. The molecule has 5 heteroatoms. The number of hydrogen-bond donors (Lipinski definition) is 1. The van der Waals surface area contributed by atoms with Crippen LogP contribution in [0.4, 0.5) is 5.13 Å². The number of carbonyl (C=O) groups is 1. The molecule has 0 radical (unpaired) electrons. The minimum absolute atomic E-state index is 0.186. The molecule has 114 valence electrons. The van der Waals surface area contributed by atoms with Crippen LogP contribution in [0.2, 0.25) is 0 Å².